The first-order valence-electron chi connectivity index (χ1n) is 7.86. The summed E-state index contributed by atoms with van der Waals surface area (Å²) in [6, 6.07) is 4.01. The first-order valence-corrected chi connectivity index (χ1v) is 7.86. The molecule has 1 amide bonds. The molecule has 1 aromatic heterocycles. The lowest BCUT2D eigenvalue weighted by atomic mass is 10.1. The van der Waals surface area contributed by atoms with Crippen LogP contribution in [0.25, 0.3) is 0 Å². The summed E-state index contributed by atoms with van der Waals surface area (Å²) in [6.07, 6.45) is 2.87. The number of nitrogens with zero attached hydrogens (tertiary/aromatic N) is 4. The van der Waals surface area contributed by atoms with E-state index < -0.39 is 6.10 Å². The van der Waals surface area contributed by atoms with Gasteiger partial charge in [0.25, 0.3) is 5.91 Å². The summed E-state index contributed by atoms with van der Waals surface area (Å²) in [7, 11) is 0. The predicted molar refractivity (Wildman–Crippen MR) is 85.0 cm³/mol. The Bertz CT molecular complexity index is 579. The summed E-state index contributed by atoms with van der Waals surface area (Å²) >= 11 is 0. The second-order valence-electron chi connectivity index (χ2n) is 5.77. The summed E-state index contributed by atoms with van der Waals surface area (Å²) in [5.41, 5.74) is 2.14. The molecule has 1 aromatic rings. The summed E-state index contributed by atoms with van der Waals surface area (Å²) in [6.45, 7) is 7.11. The molecule has 2 aliphatic heterocycles. The zero-order valence-corrected chi connectivity index (χ0v) is 13.2. The molecule has 118 valence electrons. The highest BCUT2D eigenvalue weighted by molar-refractivity contribution is 5.92. The molecule has 0 bridgehead atoms. The number of aromatic nitrogens is 1. The van der Waals surface area contributed by atoms with Crippen LogP contribution in [0, 0.1) is 6.92 Å². The Morgan fingerprint density at radius 1 is 1.36 bits per heavy atom. The van der Waals surface area contributed by atoms with Crippen LogP contribution in [0.4, 0.5) is 5.82 Å². The fourth-order valence-electron chi connectivity index (χ4n) is 2.92. The van der Waals surface area contributed by atoms with E-state index in [2.05, 4.69) is 28.0 Å². The highest BCUT2D eigenvalue weighted by Gasteiger charge is 2.33. The van der Waals surface area contributed by atoms with Crippen molar-refractivity contribution in [3.8, 4) is 0 Å². The molecule has 1 atom stereocenters. The van der Waals surface area contributed by atoms with Crippen LogP contribution in [0.15, 0.2) is 23.5 Å². The van der Waals surface area contributed by atoms with Gasteiger partial charge < -0.3 is 14.6 Å². The topological polar surface area (TPSA) is 58.0 Å². The van der Waals surface area contributed by atoms with Crippen molar-refractivity contribution in [1.82, 2.24) is 9.88 Å². The maximum absolute atomic E-state index is 12.5. The standard InChI is InChI=1S/C16H22N4O2/c1-3-13-11-14(22-18-13)16(21)20-9-7-19(8-10-20)15-12(2)5-4-6-17-15/h4-6,14H,3,7-11H2,1-2H3/t14-/m0/s1. The molecule has 2 aliphatic rings. The van der Waals surface area contributed by atoms with Crippen molar-refractivity contribution in [3.63, 3.8) is 0 Å². The van der Waals surface area contributed by atoms with Crippen LogP contribution in [0.3, 0.4) is 0 Å². The van der Waals surface area contributed by atoms with Crippen molar-refractivity contribution in [3.05, 3.63) is 23.9 Å². The van der Waals surface area contributed by atoms with Crippen LogP contribution in [0.1, 0.15) is 25.3 Å². The van der Waals surface area contributed by atoms with Crippen molar-refractivity contribution in [2.24, 2.45) is 5.16 Å². The highest BCUT2D eigenvalue weighted by Crippen LogP contribution is 2.20. The first-order chi connectivity index (χ1) is 10.7. The average Bonchev–Trinajstić information content (AvgIpc) is 3.04. The van der Waals surface area contributed by atoms with Crippen molar-refractivity contribution in [2.75, 3.05) is 31.1 Å². The van der Waals surface area contributed by atoms with Gasteiger partial charge in [-0.3, -0.25) is 4.79 Å². The lowest BCUT2D eigenvalue weighted by Crippen LogP contribution is -2.51. The van der Waals surface area contributed by atoms with Gasteiger partial charge in [-0.05, 0) is 25.0 Å². The molecule has 6 nitrogen and oxygen atoms in total. The van der Waals surface area contributed by atoms with E-state index in [0.717, 1.165) is 31.0 Å². The number of carbonyl (C=O) groups is 1. The van der Waals surface area contributed by atoms with Gasteiger partial charge in [-0.25, -0.2) is 4.98 Å². The van der Waals surface area contributed by atoms with Gasteiger partial charge in [0.05, 0.1) is 5.71 Å². The van der Waals surface area contributed by atoms with E-state index in [1.54, 1.807) is 0 Å². The fraction of sp³-hybridized carbons (Fsp3) is 0.562. The molecule has 0 N–H and O–H groups in total. The predicted octanol–water partition coefficient (Wildman–Crippen LogP) is 1.59. The molecule has 6 heteroatoms. The number of amides is 1. The number of anilines is 1. The van der Waals surface area contributed by atoms with Gasteiger partial charge in [0, 0.05) is 38.8 Å². The molecule has 0 spiro atoms. The number of pyridine rings is 1. The Balaban J connectivity index is 1.56. The van der Waals surface area contributed by atoms with Crippen molar-refractivity contribution < 1.29 is 9.63 Å². The molecule has 22 heavy (non-hydrogen) atoms. The van der Waals surface area contributed by atoms with E-state index in [4.69, 9.17) is 4.84 Å². The number of hydrogen-bond donors (Lipinski definition) is 0. The lowest BCUT2D eigenvalue weighted by Gasteiger charge is -2.36. The lowest BCUT2D eigenvalue weighted by molar-refractivity contribution is -0.142. The van der Waals surface area contributed by atoms with Crippen LogP contribution in [0.2, 0.25) is 0 Å². The number of rotatable bonds is 3. The van der Waals surface area contributed by atoms with Gasteiger partial charge >= 0.3 is 0 Å². The fourth-order valence-corrected chi connectivity index (χ4v) is 2.92. The summed E-state index contributed by atoms with van der Waals surface area (Å²) in [5, 5.41) is 3.97. The minimum absolute atomic E-state index is 0.0598. The Labute approximate surface area is 130 Å². The van der Waals surface area contributed by atoms with Gasteiger partial charge in [-0.1, -0.05) is 18.1 Å². The molecule has 0 aliphatic carbocycles. The normalized spacial score (nSPS) is 21.5. The van der Waals surface area contributed by atoms with Gasteiger partial charge in [0.2, 0.25) is 6.10 Å². The van der Waals surface area contributed by atoms with E-state index in [1.165, 1.54) is 5.56 Å². The van der Waals surface area contributed by atoms with Gasteiger partial charge in [-0.2, -0.15) is 0 Å². The molecule has 1 saturated heterocycles. The van der Waals surface area contributed by atoms with Gasteiger partial charge in [-0.15, -0.1) is 0 Å². The molecule has 0 unspecified atom stereocenters. The molecule has 0 saturated carbocycles. The molecule has 0 aromatic carbocycles. The molecule has 1 fully saturated rings. The van der Waals surface area contributed by atoms with E-state index in [0.29, 0.717) is 19.5 Å². The van der Waals surface area contributed by atoms with Crippen LogP contribution in [0.5, 0.6) is 0 Å². The molecular weight excluding hydrogens is 280 g/mol. The van der Waals surface area contributed by atoms with Gasteiger partial charge in [0.15, 0.2) is 0 Å². The van der Waals surface area contributed by atoms with Gasteiger partial charge in [0.1, 0.15) is 5.82 Å². The van der Waals surface area contributed by atoms with Crippen LogP contribution in [-0.4, -0.2) is 53.8 Å². The number of carbonyl (C=O) groups excluding carboxylic acids is 1. The average molecular weight is 302 g/mol. The second-order valence-corrected chi connectivity index (χ2v) is 5.77. The number of hydrogen-bond acceptors (Lipinski definition) is 5. The van der Waals surface area contributed by atoms with Crippen LogP contribution >= 0.6 is 0 Å². The Morgan fingerprint density at radius 2 is 2.14 bits per heavy atom. The number of aryl methyl sites for hydroxylation is 1. The van der Waals surface area contributed by atoms with Crippen molar-refractivity contribution in [1.29, 1.82) is 0 Å². The molecule has 3 heterocycles. The molecule has 0 radical (unpaired) electrons. The smallest absolute Gasteiger partial charge is 0.267 e. The Kier molecular flexibility index (Phi) is 4.27. The van der Waals surface area contributed by atoms with E-state index in [1.807, 2.05) is 24.1 Å². The van der Waals surface area contributed by atoms with Crippen LogP contribution < -0.4 is 4.90 Å². The zero-order valence-electron chi connectivity index (χ0n) is 13.2. The minimum Gasteiger partial charge on any atom is -0.382 e. The zero-order chi connectivity index (χ0) is 15.5. The third kappa shape index (κ3) is 2.91. The minimum atomic E-state index is -0.418. The second kappa shape index (κ2) is 6.34. The monoisotopic (exact) mass is 302 g/mol. The van der Waals surface area contributed by atoms with E-state index >= 15 is 0 Å². The summed E-state index contributed by atoms with van der Waals surface area (Å²) < 4.78 is 0. The van der Waals surface area contributed by atoms with Crippen LogP contribution in [-0.2, 0) is 9.63 Å². The quantitative estimate of drug-likeness (QED) is 0.851. The third-order valence-corrected chi connectivity index (χ3v) is 4.29. The van der Waals surface area contributed by atoms with E-state index in [9.17, 15) is 4.79 Å². The van der Waals surface area contributed by atoms with Crippen molar-refractivity contribution >= 4 is 17.4 Å². The highest BCUT2D eigenvalue weighted by atomic mass is 16.6. The Morgan fingerprint density at radius 3 is 2.77 bits per heavy atom. The maximum Gasteiger partial charge on any atom is 0.267 e. The van der Waals surface area contributed by atoms with Crippen molar-refractivity contribution in [2.45, 2.75) is 32.8 Å². The molecular formula is C16H22N4O2. The number of oxime groups is 1. The maximum atomic E-state index is 12.5. The SMILES string of the molecule is CCC1=NO[C@H](C(=O)N2CCN(c3ncccc3C)CC2)C1. The summed E-state index contributed by atoms with van der Waals surface area (Å²) in [4.78, 5) is 26.3. The van der Waals surface area contributed by atoms with E-state index in [-0.39, 0.29) is 5.91 Å². The first kappa shape index (κ1) is 14.8. The summed E-state index contributed by atoms with van der Waals surface area (Å²) in [5.74, 6) is 1.08. The Hall–Kier alpha value is -2.11. The third-order valence-electron chi connectivity index (χ3n) is 4.29. The number of piperazine rings is 1. The largest absolute Gasteiger partial charge is 0.382 e. The molecule has 3 rings (SSSR count).